The van der Waals surface area contributed by atoms with Crippen molar-refractivity contribution in [3.8, 4) is 5.75 Å². The zero-order chi connectivity index (χ0) is 26.0. The zero-order valence-corrected chi connectivity index (χ0v) is 19.8. The quantitative estimate of drug-likeness (QED) is 0.336. The Hall–Kier alpha value is -3.15. The second kappa shape index (κ2) is 12.7. The number of hydrogen-bond acceptors (Lipinski definition) is 8. The lowest BCUT2D eigenvalue weighted by Gasteiger charge is -2.30. The van der Waals surface area contributed by atoms with Gasteiger partial charge in [0.05, 0.1) is 13.2 Å². The van der Waals surface area contributed by atoms with Crippen LogP contribution in [0.2, 0.25) is 0 Å². The molecule has 3 rings (SSSR count). The molecule has 1 heterocycles. The van der Waals surface area contributed by atoms with Gasteiger partial charge in [-0.15, -0.1) is 13.2 Å². The topological polar surface area (TPSA) is 83.5 Å². The number of ether oxygens (including phenoxy) is 5. The molecule has 0 amide bonds. The van der Waals surface area contributed by atoms with Crippen molar-refractivity contribution in [1.29, 1.82) is 0 Å². The largest absolute Gasteiger partial charge is 0.573 e. The predicted octanol–water partition coefficient (Wildman–Crippen LogP) is 3.13. The van der Waals surface area contributed by atoms with E-state index in [1.165, 1.54) is 12.1 Å². The minimum absolute atomic E-state index is 0.0207. The third-order valence-corrected chi connectivity index (χ3v) is 5.55. The highest BCUT2D eigenvalue weighted by molar-refractivity contribution is 6.04. The smallest absolute Gasteiger partial charge is 0.462 e. The molecule has 0 radical (unpaired) electrons. The standard InChI is InChI=1S/C25H28F3NO7/c1-32-24(23(31)35-18-19-6-3-2-4-7-19,22(30)34-15-12-29-10-13-33-14-11-29)17-20-8-5-9-21(16-20)36-25(26,27)28/h2-9,16H,10-15,17-18H2,1H3. The van der Waals surface area contributed by atoms with E-state index in [0.717, 1.165) is 19.2 Å². The molecule has 196 valence electrons. The fourth-order valence-electron chi connectivity index (χ4n) is 3.66. The van der Waals surface area contributed by atoms with Crippen molar-refractivity contribution in [2.24, 2.45) is 0 Å². The number of halogens is 3. The van der Waals surface area contributed by atoms with Gasteiger partial charge in [-0.1, -0.05) is 42.5 Å². The Balaban J connectivity index is 1.78. The fourth-order valence-corrected chi connectivity index (χ4v) is 3.66. The molecular formula is C25H28F3NO7. The molecule has 2 aromatic carbocycles. The van der Waals surface area contributed by atoms with E-state index < -0.39 is 36.1 Å². The number of methoxy groups -OCH3 is 1. The van der Waals surface area contributed by atoms with E-state index >= 15 is 0 Å². The summed E-state index contributed by atoms with van der Waals surface area (Å²) in [6.07, 6.45) is -5.33. The van der Waals surface area contributed by atoms with Crippen molar-refractivity contribution in [2.75, 3.05) is 46.6 Å². The summed E-state index contributed by atoms with van der Waals surface area (Å²) in [4.78, 5) is 28.5. The fraction of sp³-hybridized carbons (Fsp3) is 0.440. The Labute approximate surface area is 206 Å². The number of carbonyl (C=O) groups is 2. The number of alkyl halides is 3. The number of carbonyl (C=O) groups excluding carboxylic acids is 2. The van der Waals surface area contributed by atoms with Crippen molar-refractivity contribution in [3.63, 3.8) is 0 Å². The van der Waals surface area contributed by atoms with E-state index in [-0.39, 0.29) is 18.8 Å². The maximum atomic E-state index is 13.2. The van der Waals surface area contributed by atoms with Crippen LogP contribution in [0, 0.1) is 0 Å². The van der Waals surface area contributed by atoms with Crippen molar-refractivity contribution >= 4 is 11.9 Å². The van der Waals surface area contributed by atoms with Gasteiger partial charge in [0, 0.05) is 33.2 Å². The molecule has 8 nitrogen and oxygen atoms in total. The van der Waals surface area contributed by atoms with Gasteiger partial charge in [0.2, 0.25) is 0 Å². The van der Waals surface area contributed by atoms with Gasteiger partial charge in [-0.2, -0.15) is 0 Å². The van der Waals surface area contributed by atoms with E-state index in [4.69, 9.17) is 18.9 Å². The lowest BCUT2D eigenvalue weighted by atomic mass is 9.94. The number of nitrogens with zero attached hydrogens (tertiary/aromatic N) is 1. The summed E-state index contributed by atoms with van der Waals surface area (Å²) >= 11 is 0. The average Bonchev–Trinajstić information content (AvgIpc) is 2.86. The summed E-state index contributed by atoms with van der Waals surface area (Å²) in [7, 11) is 1.14. The Kier molecular flexibility index (Phi) is 9.68. The summed E-state index contributed by atoms with van der Waals surface area (Å²) in [5, 5.41) is 0. The zero-order valence-electron chi connectivity index (χ0n) is 19.8. The molecule has 11 heteroatoms. The second-order valence-electron chi connectivity index (χ2n) is 8.05. The molecule has 1 atom stereocenters. The minimum atomic E-state index is -4.90. The number of benzene rings is 2. The van der Waals surface area contributed by atoms with Crippen molar-refractivity contribution < 1.29 is 46.4 Å². The van der Waals surface area contributed by atoms with E-state index in [1.54, 1.807) is 30.3 Å². The highest BCUT2D eigenvalue weighted by atomic mass is 19.4. The van der Waals surface area contributed by atoms with Crippen LogP contribution < -0.4 is 4.74 Å². The van der Waals surface area contributed by atoms with Crippen LogP contribution in [0.4, 0.5) is 13.2 Å². The van der Waals surface area contributed by atoms with E-state index in [1.807, 2.05) is 4.90 Å². The molecule has 1 aliphatic heterocycles. The number of hydrogen-bond donors (Lipinski definition) is 0. The van der Waals surface area contributed by atoms with Gasteiger partial charge in [0.15, 0.2) is 0 Å². The Morgan fingerprint density at radius 1 is 0.944 bits per heavy atom. The molecule has 36 heavy (non-hydrogen) atoms. The number of rotatable bonds is 11. The summed E-state index contributed by atoms with van der Waals surface area (Å²) < 4.78 is 63.5. The molecule has 1 fully saturated rings. The maximum Gasteiger partial charge on any atom is 0.573 e. The first-order valence-corrected chi connectivity index (χ1v) is 11.3. The monoisotopic (exact) mass is 511 g/mol. The van der Waals surface area contributed by atoms with Gasteiger partial charge in [-0.3, -0.25) is 4.90 Å². The van der Waals surface area contributed by atoms with Crippen molar-refractivity contribution in [2.45, 2.75) is 25.0 Å². The van der Waals surface area contributed by atoms with E-state index in [2.05, 4.69) is 4.74 Å². The van der Waals surface area contributed by atoms with Crippen LogP contribution in [0.15, 0.2) is 54.6 Å². The molecule has 2 aromatic rings. The summed E-state index contributed by atoms with van der Waals surface area (Å²) in [5.41, 5.74) is -1.38. The average molecular weight is 511 g/mol. The summed E-state index contributed by atoms with van der Waals surface area (Å²) in [6.45, 7) is 2.76. The predicted molar refractivity (Wildman–Crippen MR) is 121 cm³/mol. The van der Waals surface area contributed by atoms with Gasteiger partial charge < -0.3 is 23.7 Å². The minimum Gasteiger partial charge on any atom is -0.462 e. The molecule has 0 aliphatic carbocycles. The third-order valence-electron chi connectivity index (χ3n) is 5.55. The lowest BCUT2D eigenvalue weighted by molar-refractivity contribution is -0.274. The van der Waals surface area contributed by atoms with Gasteiger partial charge in [-0.25, -0.2) is 9.59 Å². The molecule has 1 saturated heterocycles. The second-order valence-corrected chi connectivity index (χ2v) is 8.05. The lowest BCUT2D eigenvalue weighted by Crippen LogP contribution is -2.52. The number of esters is 2. The first-order valence-electron chi connectivity index (χ1n) is 11.3. The third kappa shape index (κ3) is 7.94. The first-order chi connectivity index (χ1) is 17.2. The molecular weight excluding hydrogens is 483 g/mol. The van der Waals surface area contributed by atoms with Crippen LogP contribution in [0.1, 0.15) is 11.1 Å². The molecule has 0 N–H and O–H groups in total. The van der Waals surface area contributed by atoms with Crippen LogP contribution in [0.3, 0.4) is 0 Å². The molecule has 0 saturated carbocycles. The first kappa shape index (κ1) is 27.4. The van der Waals surface area contributed by atoms with Crippen LogP contribution in [0.25, 0.3) is 0 Å². The maximum absolute atomic E-state index is 13.2. The van der Waals surface area contributed by atoms with E-state index in [0.29, 0.717) is 38.4 Å². The van der Waals surface area contributed by atoms with Gasteiger partial charge >= 0.3 is 18.3 Å². The van der Waals surface area contributed by atoms with Crippen LogP contribution >= 0.6 is 0 Å². The summed E-state index contributed by atoms with van der Waals surface area (Å²) in [6, 6.07) is 13.7. The van der Waals surface area contributed by atoms with E-state index in [9.17, 15) is 22.8 Å². The summed E-state index contributed by atoms with van der Waals surface area (Å²) in [5.74, 6) is -2.52. The van der Waals surface area contributed by atoms with Crippen LogP contribution in [-0.2, 0) is 41.6 Å². The molecule has 0 spiro atoms. The van der Waals surface area contributed by atoms with Crippen molar-refractivity contribution in [3.05, 3.63) is 65.7 Å². The normalized spacial score (nSPS) is 16.1. The molecule has 1 aliphatic rings. The Bertz CT molecular complexity index is 997. The molecule has 0 aromatic heterocycles. The van der Waals surface area contributed by atoms with Crippen LogP contribution in [0.5, 0.6) is 5.75 Å². The van der Waals surface area contributed by atoms with Gasteiger partial charge in [-0.05, 0) is 23.3 Å². The Morgan fingerprint density at radius 2 is 1.61 bits per heavy atom. The Morgan fingerprint density at radius 3 is 2.28 bits per heavy atom. The van der Waals surface area contributed by atoms with Gasteiger partial charge in [0.25, 0.3) is 5.60 Å². The van der Waals surface area contributed by atoms with Crippen molar-refractivity contribution in [1.82, 2.24) is 4.90 Å². The van der Waals surface area contributed by atoms with Gasteiger partial charge in [0.1, 0.15) is 19.0 Å². The highest BCUT2D eigenvalue weighted by Gasteiger charge is 2.50. The highest BCUT2D eigenvalue weighted by Crippen LogP contribution is 2.27. The SMILES string of the molecule is COC(Cc1cccc(OC(F)(F)F)c1)(C(=O)OCCN1CCOCC1)C(=O)OCc1ccccc1. The number of morpholine rings is 1. The van der Waals surface area contributed by atoms with Crippen LogP contribution in [-0.4, -0.2) is 75.4 Å². The molecule has 0 bridgehead atoms. The molecule has 1 unspecified atom stereocenters.